The predicted molar refractivity (Wildman–Crippen MR) is 100 cm³/mol. The first-order valence-corrected chi connectivity index (χ1v) is 8.37. The minimum absolute atomic E-state index is 0.159. The van der Waals surface area contributed by atoms with Gasteiger partial charge in [-0.05, 0) is 30.3 Å². The first-order chi connectivity index (χ1) is 11.1. The Morgan fingerprint density at radius 3 is 2.74 bits per heavy atom. The van der Waals surface area contributed by atoms with Gasteiger partial charge in [0.25, 0.3) is 5.91 Å². The molecule has 116 valence electrons. The van der Waals surface area contributed by atoms with Gasteiger partial charge in [0.1, 0.15) is 5.75 Å². The number of carbonyl (C=O) groups is 1. The van der Waals surface area contributed by atoms with Crippen LogP contribution < -0.4 is 9.64 Å². The molecule has 1 saturated heterocycles. The average molecular weight is 362 g/mol. The molecule has 3 rings (SSSR count). The Bertz CT molecular complexity index is 820. The molecule has 0 saturated carbocycles. The van der Waals surface area contributed by atoms with Crippen LogP contribution >= 0.6 is 35.6 Å². The molecule has 1 heterocycles. The number of thiocarbonyl (C=S) groups is 1. The highest BCUT2D eigenvalue weighted by Gasteiger charge is 2.33. The molecular formula is C17H12ClNO2S2. The van der Waals surface area contributed by atoms with Gasteiger partial charge in [0.2, 0.25) is 0 Å². The lowest BCUT2D eigenvalue weighted by molar-refractivity contribution is -0.113. The SMILES string of the molecule is COc1ccccc1/C=C1\SC(=S)N(c2cccc(Cl)c2)C1=O. The smallest absolute Gasteiger partial charge is 0.270 e. The van der Waals surface area contributed by atoms with Crippen LogP contribution in [0.5, 0.6) is 5.75 Å². The summed E-state index contributed by atoms with van der Waals surface area (Å²) in [4.78, 5) is 14.7. The van der Waals surface area contributed by atoms with Gasteiger partial charge in [0.15, 0.2) is 4.32 Å². The van der Waals surface area contributed by atoms with Crippen LogP contribution in [0.25, 0.3) is 6.08 Å². The Labute approximate surface area is 148 Å². The number of rotatable bonds is 3. The molecule has 0 atom stereocenters. The number of para-hydroxylation sites is 1. The zero-order valence-electron chi connectivity index (χ0n) is 12.2. The molecule has 1 aliphatic rings. The van der Waals surface area contributed by atoms with Crippen molar-refractivity contribution in [1.29, 1.82) is 0 Å². The molecule has 0 spiro atoms. The van der Waals surface area contributed by atoms with Crippen molar-refractivity contribution in [2.45, 2.75) is 0 Å². The first-order valence-electron chi connectivity index (χ1n) is 6.76. The Kier molecular flexibility index (Phi) is 4.71. The maximum atomic E-state index is 12.7. The number of methoxy groups -OCH3 is 1. The van der Waals surface area contributed by atoms with Crippen LogP contribution in [-0.2, 0) is 4.79 Å². The van der Waals surface area contributed by atoms with Gasteiger partial charge < -0.3 is 4.74 Å². The van der Waals surface area contributed by atoms with Gasteiger partial charge in [0, 0.05) is 10.6 Å². The van der Waals surface area contributed by atoms with E-state index in [9.17, 15) is 4.79 Å². The highest BCUT2D eigenvalue weighted by Crippen LogP contribution is 2.37. The molecule has 23 heavy (non-hydrogen) atoms. The number of hydrogen-bond acceptors (Lipinski definition) is 4. The summed E-state index contributed by atoms with van der Waals surface area (Å²) in [6, 6.07) is 14.6. The van der Waals surface area contributed by atoms with Crippen LogP contribution in [-0.4, -0.2) is 17.3 Å². The lowest BCUT2D eigenvalue weighted by Crippen LogP contribution is -2.27. The van der Waals surface area contributed by atoms with E-state index in [-0.39, 0.29) is 5.91 Å². The largest absolute Gasteiger partial charge is 0.496 e. The Morgan fingerprint density at radius 2 is 2.00 bits per heavy atom. The fourth-order valence-electron chi connectivity index (χ4n) is 2.23. The summed E-state index contributed by atoms with van der Waals surface area (Å²) in [5.41, 5.74) is 1.50. The average Bonchev–Trinajstić information content (AvgIpc) is 2.82. The molecule has 0 unspecified atom stereocenters. The van der Waals surface area contributed by atoms with E-state index in [1.807, 2.05) is 30.3 Å². The number of amides is 1. The van der Waals surface area contributed by atoms with E-state index in [1.54, 1.807) is 31.4 Å². The van der Waals surface area contributed by atoms with Gasteiger partial charge >= 0.3 is 0 Å². The maximum absolute atomic E-state index is 12.7. The fourth-order valence-corrected chi connectivity index (χ4v) is 3.71. The number of anilines is 1. The minimum atomic E-state index is -0.159. The molecule has 3 nitrogen and oxygen atoms in total. The highest BCUT2D eigenvalue weighted by atomic mass is 35.5. The molecule has 0 radical (unpaired) electrons. The number of hydrogen-bond donors (Lipinski definition) is 0. The van der Waals surface area contributed by atoms with Crippen LogP contribution in [0.4, 0.5) is 5.69 Å². The third-order valence-corrected chi connectivity index (χ3v) is 4.82. The van der Waals surface area contributed by atoms with E-state index in [0.29, 0.717) is 25.7 Å². The summed E-state index contributed by atoms with van der Waals surface area (Å²) >= 11 is 12.6. The van der Waals surface area contributed by atoms with Gasteiger partial charge in [-0.25, -0.2) is 0 Å². The van der Waals surface area contributed by atoms with Crippen LogP contribution in [0.15, 0.2) is 53.4 Å². The van der Waals surface area contributed by atoms with Crippen molar-refractivity contribution >= 4 is 57.6 Å². The predicted octanol–water partition coefficient (Wildman–Crippen LogP) is 4.75. The van der Waals surface area contributed by atoms with Crippen molar-refractivity contribution in [1.82, 2.24) is 0 Å². The van der Waals surface area contributed by atoms with Gasteiger partial charge in [-0.15, -0.1) is 0 Å². The Hall–Kier alpha value is -1.82. The first kappa shape index (κ1) is 16.1. The molecule has 2 aromatic carbocycles. The second kappa shape index (κ2) is 6.74. The zero-order valence-corrected chi connectivity index (χ0v) is 14.5. The van der Waals surface area contributed by atoms with Crippen molar-refractivity contribution in [2.24, 2.45) is 0 Å². The monoisotopic (exact) mass is 361 g/mol. The van der Waals surface area contributed by atoms with E-state index < -0.39 is 0 Å². The lowest BCUT2D eigenvalue weighted by Gasteiger charge is -2.14. The Morgan fingerprint density at radius 1 is 1.22 bits per heavy atom. The van der Waals surface area contributed by atoms with Crippen molar-refractivity contribution < 1.29 is 9.53 Å². The summed E-state index contributed by atoms with van der Waals surface area (Å²) in [6.45, 7) is 0. The van der Waals surface area contributed by atoms with Crippen LogP contribution in [0.2, 0.25) is 5.02 Å². The molecule has 1 amide bonds. The summed E-state index contributed by atoms with van der Waals surface area (Å²) in [5.74, 6) is 0.550. The summed E-state index contributed by atoms with van der Waals surface area (Å²) in [7, 11) is 1.60. The lowest BCUT2D eigenvalue weighted by atomic mass is 10.2. The second-order valence-corrected chi connectivity index (χ2v) is 6.85. The minimum Gasteiger partial charge on any atom is -0.496 e. The standard InChI is InChI=1S/C17H12ClNO2S2/c1-21-14-8-3-2-5-11(14)9-15-16(20)19(17(22)23-15)13-7-4-6-12(18)10-13/h2-10H,1H3/b15-9-. The van der Waals surface area contributed by atoms with Crippen molar-refractivity contribution in [3.63, 3.8) is 0 Å². The maximum Gasteiger partial charge on any atom is 0.270 e. The van der Waals surface area contributed by atoms with Gasteiger partial charge in [-0.1, -0.05) is 59.8 Å². The number of ether oxygens (including phenoxy) is 1. The summed E-state index contributed by atoms with van der Waals surface area (Å²) in [5, 5.41) is 0.560. The molecule has 1 aliphatic heterocycles. The van der Waals surface area contributed by atoms with Gasteiger partial charge in [0.05, 0.1) is 17.7 Å². The molecule has 0 bridgehead atoms. The number of thioether (sulfide) groups is 1. The van der Waals surface area contributed by atoms with E-state index in [2.05, 4.69) is 0 Å². The molecule has 0 N–H and O–H groups in total. The fraction of sp³-hybridized carbons (Fsp3) is 0.0588. The topological polar surface area (TPSA) is 29.5 Å². The van der Waals surface area contributed by atoms with E-state index >= 15 is 0 Å². The second-order valence-electron chi connectivity index (χ2n) is 4.74. The van der Waals surface area contributed by atoms with Crippen molar-refractivity contribution in [2.75, 3.05) is 12.0 Å². The normalized spacial score (nSPS) is 16.3. The number of nitrogens with zero attached hydrogens (tertiary/aromatic N) is 1. The molecule has 0 aliphatic carbocycles. The van der Waals surface area contributed by atoms with Crippen LogP contribution in [0, 0.1) is 0 Å². The van der Waals surface area contributed by atoms with Crippen molar-refractivity contribution in [3.05, 3.63) is 64.0 Å². The molecule has 1 fully saturated rings. The van der Waals surface area contributed by atoms with E-state index in [1.165, 1.54) is 16.7 Å². The number of halogens is 1. The van der Waals surface area contributed by atoms with Crippen LogP contribution in [0.1, 0.15) is 5.56 Å². The molecular weight excluding hydrogens is 350 g/mol. The summed E-state index contributed by atoms with van der Waals surface area (Å²) < 4.78 is 5.80. The van der Waals surface area contributed by atoms with E-state index in [4.69, 9.17) is 28.6 Å². The molecule has 2 aromatic rings. The third-order valence-electron chi connectivity index (χ3n) is 3.29. The number of benzene rings is 2. The Balaban J connectivity index is 1.97. The molecule has 0 aromatic heterocycles. The van der Waals surface area contributed by atoms with Gasteiger partial charge in [-0.2, -0.15) is 0 Å². The van der Waals surface area contributed by atoms with E-state index in [0.717, 1.165) is 5.56 Å². The van der Waals surface area contributed by atoms with Crippen molar-refractivity contribution in [3.8, 4) is 5.75 Å². The number of carbonyl (C=O) groups excluding carboxylic acids is 1. The van der Waals surface area contributed by atoms with Crippen LogP contribution in [0.3, 0.4) is 0 Å². The molecule has 6 heteroatoms. The van der Waals surface area contributed by atoms with Gasteiger partial charge in [-0.3, -0.25) is 9.69 Å². The third kappa shape index (κ3) is 3.27. The quantitative estimate of drug-likeness (QED) is 0.582. The zero-order chi connectivity index (χ0) is 16.4. The highest BCUT2D eigenvalue weighted by molar-refractivity contribution is 8.27. The summed E-state index contributed by atoms with van der Waals surface area (Å²) in [6.07, 6.45) is 1.79.